The average Bonchev–Trinajstić information content (AvgIpc) is 2.15. The van der Waals surface area contributed by atoms with Crippen LogP contribution in [0.3, 0.4) is 0 Å². The van der Waals surface area contributed by atoms with Crippen LogP contribution in [0.5, 0.6) is 0 Å². The zero-order chi connectivity index (χ0) is 10.6. The predicted octanol–water partition coefficient (Wildman–Crippen LogP) is 3.48. The van der Waals surface area contributed by atoms with Gasteiger partial charge in [-0.3, -0.25) is 4.99 Å². The average molecular weight is 188 g/mol. The van der Waals surface area contributed by atoms with Gasteiger partial charge in [0.1, 0.15) is 6.34 Å². The first-order valence-corrected chi connectivity index (χ1v) is 4.74. The van der Waals surface area contributed by atoms with Gasteiger partial charge >= 0.3 is 0 Å². The van der Waals surface area contributed by atoms with Gasteiger partial charge in [-0.2, -0.15) is 0 Å². The zero-order valence-electron chi connectivity index (χ0n) is 8.99. The molecular formula is C12H16N2. The van der Waals surface area contributed by atoms with Gasteiger partial charge in [0.05, 0.1) is 5.69 Å². The SMILES string of the molecule is C=NC=Nc1ccc(C(C)C)cc1C. The largest absolute Gasteiger partial charge is 0.253 e. The molecule has 2 heteroatoms. The molecule has 0 aliphatic rings. The van der Waals surface area contributed by atoms with E-state index in [0.29, 0.717) is 5.92 Å². The highest BCUT2D eigenvalue weighted by Gasteiger charge is 2.01. The third-order valence-electron chi connectivity index (χ3n) is 2.17. The molecule has 0 amide bonds. The van der Waals surface area contributed by atoms with Crippen LogP contribution in [0.1, 0.15) is 30.9 Å². The van der Waals surface area contributed by atoms with Gasteiger partial charge in [0.25, 0.3) is 0 Å². The number of hydrogen-bond donors (Lipinski definition) is 0. The van der Waals surface area contributed by atoms with E-state index in [1.54, 1.807) is 0 Å². The summed E-state index contributed by atoms with van der Waals surface area (Å²) in [7, 11) is 0. The van der Waals surface area contributed by atoms with E-state index in [9.17, 15) is 0 Å². The second-order valence-corrected chi connectivity index (χ2v) is 3.63. The molecule has 0 spiro atoms. The zero-order valence-corrected chi connectivity index (χ0v) is 8.99. The summed E-state index contributed by atoms with van der Waals surface area (Å²) in [6.07, 6.45) is 1.47. The summed E-state index contributed by atoms with van der Waals surface area (Å²) in [6, 6.07) is 6.29. The van der Waals surface area contributed by atoms with E-state index in [1.807, 2.05) is 6.07 Å². The van der Waals surface area contributed by atoms with Crippen molar-refractivity contribution in [1.82, 2.24) is 0 Å². The number of nitrogens with zero attached hydrogens (tertiary/aromatic N) is 2. The van der Waals surface area contributed by atoms with Gasteiger partial charge < -0.3 is 0 Å². The number of benzene rings is 1. The van der Waals surface area contributed by atoms with Crippen LogP contribution in [0.2, 0.25) is 0 Å². The van der Waals surface area contributed by atoms with Crippen molar-refractivity contribution in [2.75, 3.05) is 0 Å². The maximum absolute atomic E-state index is 4.17. The maximum Gasteiger partial charge on any atom is 0.115 e. The fourth-order valence-electron chi connectivity index (χ4n) is 1.29. The molecule has 0 fully saturated rings. The molecule has 14 heavy (non-hydrogen) atoms. The lowest BCUT2D eigenvalue weighted by Crippen LogP contribution is -1.87. The molecule has 1 aromatic carbocycles. The van der Waals surface area contributed by atoms with Crippen molar-refractivity contribution in [2.24, 2.45) is 9.98 Å². The summed E-state index contributed by atoms with van der Waals surface area (Å²) in [5.74, 6) is 0.559. The molecule has 0 heterocycles. The highest BCUT2D eigenvalue weighted by atomic mass is 14.8. The lowest BCUT2D eigenvalue weighted by Gasteiger charge is -2.07. The molecule has 1 rings (SSSR count). The Morgan fingerprint density at radius 3 is 2.57 bits per heavy atom. The molecule has 0 radical (unpaired) electrons. The molecule has 0 saturated carbocycles. The molecule has 0 aliphatic carbocycles. The molecule has 2 nitrogen and oxygen atoms in total. The molecule has 0 aliphatic heterocycles. The second-order valence-electron chi connectivity index (χ2n) is 3.63. The first kappa shape index (κ1) is 10.6. The van der Waals surface area contributed by atoms with E-state index in [1.165, 1.54) is 17.5 Å². The molecule has 0 N–H and O–H groups in total. The maximum atomic E-state index is 4.17. The van der Waals surface area contributed by atoms with Crippen molar-refractivity contribution in [3.05, 3.63) is 29.3 Å². The van der Waals surface area contributed by atoms with Crippen LogP contribution in [0.15, 0.2) is 28.2 Å². The van der Waals surface area contributed by atoms with Crippen molar-refractivity contribution < 1.29 is 0 Å². The molecular weight excluding hydrogens is 172 g/mol. The minimum absolute atomic E-state index is 0.559. The molecule has 0 saturated heterocycles. The van der Waals surface area contributed by atoms with E-state index in [2.05, 4.69) is 49.6 Å². The first-order valence-electron chi connectivity index (χ1n) is 4.74. The smallest absolute Gasteiger partial charge is 0.115 e. The Hall–Kier alpha value is -1.44. The lowest BCUT2D eigenvalue weighted by molar-refractivity contribution is 0.865. The van der Waals surface area contributed by atoms with E-state index in [-0.39, 0.29) is 0 Å². The molecule has 0 aromatic heterocycles. The fraction of sp³-hybridized carbons (Fsp3) is 0.333. The monoisotopic (exact) mass is 188 g/mol. The van der Waals surface area contributed by atoms with E-state index in [0.717, 1.165) is 5.69 Å². The van der Waals surface area contributed by atoms with Crippen LogP contribution in [0.25, 0.3) is 0 Å². The van der Waals surface area contributed by atoms with Crippen molar-refractivity contribution in [1.29, 1.82) is 0 Å². The Bertz CT molecular complexity index is 351. The Morgan fingerprint density at radius 2 is 2.07 bits per heavy atom. The van der Waals surface area contributed by atoms with Gasteiger partial charge in [0, 0.05) is 0 Å². The van der Waals surface area contributed by atoms with Gasteiger partial charge in [-0.1, -0.05) is 26.0 Å². The van der Waals surface area contributed by atoms with Gasteiger partial charge in [0.2, 0.25) is 0 Å². The minimum atomic E-state index is 0.559. The Balaban J connectivity index is 3.01. The molecule has 1 aromatic rings. The van der Waals surface area contributed by atoms with Crippen LogP contribution in [-0.2, 0) is 0 Å². The minimum Gasteiger partial charge on any atom is -0.253 e. The summed E-state index contributed by atoms with van der Waals surface area (Å²) >= 11 is 0. The molecule has 0 unspecified atom stereocenters. The van der Waals surface area contributed by atoms with Gasteiger partial charge in [0.15, 0.2) is 0 Å². The first-order chi connectivity index (χ1) is 6.65. The number of aliphatic imine (C=N–C) groups is 2. The summed E-state index contributed by atoms with van der Waals surface area (Å²) in [4.78, 5) is 7.76. The van der Waals surface area contributed by atoms with Gasteiger partial charge in [-0.25, -0.2) is 4.99 Å². The third kappa shape index (κ3) is 2.52. The standard InChI is InChI=1S/C12H16N2/c1-9(2)11-5-6-12(10(3)7-11)14-8-13-4/h5-9H,4H2,1-3H3. The van der Waals surface area contributed by atoms with Crippen LogP contribution < -0.4 is 0 Å². The van der Waals surface area contributed by atoms with Crippen molar-refractivity contribution in [3.8, 4) is 0 Å². The van der Waals surface area contributed by atoms with Crippen molar-refractivity contribution in [2.45, 2.75) is 26.7 Å². The lowest BCUT2D eigenvalue weighted by atomic mass is 10.0. The van der Waals surface area contributed by atoms with E-state index >= 15 is 0 Å². The van der Waals surface area contributed by atoms with Crippen LogP contribution in [0.4, 0.5) is 5.69 Å². The topological polar surface area (TPSA) is 24.7 Å². The van der Waals surface area contributed by atoms with Crippen LogP contribution in [0, 0.1) is 6.92 Å². The molecule has 0 bridgehead atoms. The van der Waals surface area contributed by atoms with Gasteiger partial charge in [-0.05, 0) is 36.8 Å². The predicted molar refractivity (Wildman–Crippen MR) is 63.0 cm³/mol. The second kappa shape index (κ2) is 4.70. The third-order valence-corrected chi connectivity index (χ3v) is 2.17. The van der Waals surface area contributed by atoms with E-state index in [4.69, 9.17) is 0 Å². The molecule has 0 atom stereocenters. The van der Waals surface area contributed by atoms with Gasteiger partial charge in [-0.15, -0.1) is 0 Å². The Kier molecular flexibility index (Phi) is 3.57. The highest BCUT2D eigenvalue weighted by molar-refractivity contribution is 5.67. The summed E-state index contributed by atoms with van der Waals surface area (Å²) in [5.41, 5.74) is 3.48. The quantitative estimate of drug-likeness (QED) is 0.512. The number of aryl methyl sites for hydroxylation is 1. The molecule has 74 valence electrons. The normalized spacial score (nSPS) is 11.1. The summed E-state index contributed by atoms with van der Waals surface area (Å²) in [6.45, 7) is 9.78. The Morgan fingerprint density at radius 1 is 1.36 bits per heavy atom. The number of hydrogen-bond acceptors (Lipinski definition) is 1. The van der Waals surface area contributed by atoms with Crippen molar-refractivity contribution >= 4 is 18.7 Å². The van der Waals surface area contributed by atoms with E-state index < -0.39 is 0 Å². The van der Waals surface area contributed by atoms with Crippen LogP contribution in [-0.4, -0.2) is 13.1 Å². The Labute approximate surface area is 85.4 Å². The summed E-state index contributed by atoms with van der Waals surface area (Å²) < 4.78 is 0. The highest BCUT2D eigenvalue weighted by Crippen LogP contribution is 2.23. The summed E-state index contributed by atoms with van der Waals surface area (Å²) in [5, 5.41) is 0. The van der Waals surface area contributed by atoms with Crippen LogP contribution >= 0.6 is 0 Å². The number of rotatable bonds is 3. The van der Waals surface area contributed by atoms with Crippen molar-refractivity contribution in [3.63, 3.8) is 0 Å². The fourth-order valence-corrected chi connectivity index (χ4v) is 1.29.